The molecular formula is C45H27N3O2. The van der Waals surface area contributed by atoms with Gasteiger partial charge < -0.3 is 8.83 Å². The van der Waals surface area contributed by atoms with E-state index in [4.69, 9.17) is 23.8 Å². The number of benzene rings is 7. The Bertz CT molecular complexity index is 2850. The Morgan fingerprint density at radius 1 is 0.300 bits per heavy atom. The zero-order chi connectivity index (χ0) is 33.0. The number of hydrogen-bond donors (Lipinski definition) is 0. The van der Waals surface area contributed by atoms with Gasteiger partial charge in [-0.05, 0) is 52.6 Å². The molecule has 0 saturated heterocycles. The molecule has 0 aliphatic rings. The first kappa shape index (κ1) is 28.2. The van der Waals surface area contributed by atoms with Gasteiger partial charge in [0.05, 0.1) is 0 Å². The molecule has 0 bridgehead atoms. The summed E-state index contributed by atoms with van der Waals surface area (Å²) in [6.07, 6.45) is 0. The molecule has 50 heavy (non-hydrogen) atoms. The van der Waals surface area contributed by atoms with Gasteiger partial charge in [0.25, 0.3) is 0 Å². The van der Waals surface area contributed by atoms with Gasteiger partial charge in [-0.1, -0.05) is 133 Å². The molecule has 3 heterocycles. The van der Waals surface area contributed by atoms with Gasteiger partial charge in [-0.15, -0.1) is 0 Å². The number of para-hydroxylation sites is 1. The van der Waals surface area contributed by atoms with Crippen molar-refractivity contribution in [3.05, 3.63) is 164 Å². The Balaban J connectivity index is 1.12. The van der Waals surface area contributed by atoms with Gasteiger partial charge >= 0.3 is 0 Å². The summed E-state index contributed by atoms with van der Waals surface area (Å²) in [5.41, 5.74) is 10.5. The van der Waals surface area contributed by atoms with E-state index in [0.29, 0.717) is 17.5 Å². The summed E-state index contributed by atoms with van der Waals surface area (Å²) < 4.78 is 12.7. The van der Waals surface area contributed by atoms with E-state index in [1.165, 1.54) is 11.1 Å². The van der Waals surface area contributed by atoms with Crippen molar-refractivity contribution in [2.75, 3.05) is 0 Å². The summed E-state index contributed by atoms with van der Waals surface area (Å²) in [6.45, 7) is 0. The first-order valence-corrected chi connectivity index (χ1v) is 16.6. The maximum Gasteiger partial charge on any atom is 0.164 e. The van der Waals surface area contributed by atoms with Crippen LogP contribution in [0.25, 0.3) is 100 Å². The first-order valence-electron chi connectivity index (χ1n) is 16.6. The zero-order valence-corrected chi connectivity index (χ0v) is 26.7. The fourth-order valence-corrected chi connectivity index (χ4v) is 6.98. The fraction of sp³-hybridized carbons (Fsp3) is 0. The van der Waals surface area contributed by atoms with E-state index in [2.05, 4.69) is 84.9 Å². The van der Waals surface area contributed by atoms with Gasteiger partial charge in [0.15, 0.2) is 17.5 Å². The van der Waals surface area contributed by atoms with Crippen molar-refractivity contribution >= 4 is 43.9 Å². The average Bonchev–Trinajstić information content (AvgIpc) is 3.77. The van der Waals surface area contributed by atoms with E-state index < -0.39 is 0 Å². The normalized spacial score (nSPS) is 11.6. The first-order chi connectivity index (χ1) is 24.8. The van der Waals surface area contributed by atoms with Crippen molar-refractivity contribution in [1.82, 2.24) is 15.0 Å². The van der Waals surface area contributed by atoms with Crippen molar-refractivity contribution in [3.8, 4) is 56.4 Å². The van der Waals surface area contributed by atoms with Crippen LogP contribution in [-0.4, -0.2) is 15.0 Å². The van der Waals surface area contributed by atoms with Crippen LogP contribution in [0, 0.1) is 0 Å². The van der Waals surface area contributed by atoms with Crippen LogP contribution in [0.4, 0.5) is 0 Å². The summed E-state index contributed by atoms with van der Waals surface area (Å²) in [6, 6.07) is 55.8. The molecule has 3 aromatic heterocycles. The second-order valence-corrected chi connectivity index (χ2v) is 12.4. The summed E-state index contributed by atoms with van der Waals surface area (Å²) in [7, 11) is 0. The van der Waals surface area contributed by atoms with Gasteiger partial charge in [0.1, 0.15) is 22.3 Å². The molecule has 0 radical (unpaired) electrons. The number of fused-ring (bicyclic) bond motifs is 6. The molecule has 0 unspecified atom stereocenters. The van der Waals surface area contributed by atoms with Crippen molar-refractivity contribution in [3.63, 3.8) is 0 Å². The molecule has 0 amide bonds. The Labute approximate surface area is 287 Å². The van der Waals surface area contributed by atoms with Gasteiger partial charge in [0.2, 0.25) is 0 Å². The van der Waals surface area contributed by atoms with Crippen molar-refractivity contribution in [2.45, 2.75) is 0 Å². The lowest BCUT2D eigenvalue weighted by molar-refractivity contribution is 0.668. The maximum absolute atomic E-state index is 6.51. The standard InChI is InChI=1S/C45H27N3O2/c1-3-11-28(12-4-1)29-21-23-30(24-22-29)33-16-9-19-38-41(33)35-26-25-32(27-40(35)50-38)44-46-43(31-13-5-2-6-14-31)47-45(48-44)36-17-10-20-39-42(36)34-15-7-8-18-37(34)49-39/h1-27H. The van der Waals surface area contributed by atoms with Crippen LogP contribution >= 0.6 is 0 Å². The van der Waals surface area contributed by atoms with E-state index in [9.17, 15) is 0 Å². The topological polar surface area (TPSA) is 65.0 Å². The highest BCUT2D eigenvalue weighted by atomic mass is 16.3. The number of rotatable bonds is 5. The van der Waals surface area contributed by atoms with Crippen LogP contribution in [0.5, 0.6) is 0 Å². The Morgan fingerprint density at radius 3 is 1.56 bits per heavy atom. The predicted molar refractivity (Wildman–Crippen MR) is 202 cm³/mol. The molecule has 0 saturated carbocycles. The van der Waals surface area contributed by atoms with E-state index in [0.717, 1.165) is 71.7 Å². The molecule has 5 heteroatoms. The Morgan fingerprint density at radius 2 is 0.800 bits per heavy atom. The lowest BCUT2D eigenvalue weighted by Crippen LogP contribution is -2.00. The largest absolute Gasteiger partial charge is 0.456 e. The third kappa shape index (κ3) is 4.67. The molecule has 7 aromatic carbocycles. The van der Waals surface area contributed by atoms with Gasteiger partial charge in [-0.25, -0.2) is 15.0 Å². The lowest BCUT2D eigenvalue weighted by atomic mass is 9.96. The number of aromatic nitrogens is 3. The molecule has 10 aromatic rings. The van der Waals surface area contributed by atoms with Gasteiger partial charge in [0, 0.05) is 38.2 Å². The van der Waals surface area contributed by atoms with Crippen molar-refractivity contribution in [2.24, 2.45) is 0 Å². The molecule has 0 aliphatic heterocycles. The Kier molecular flexibility index (Phi) is 6.42. The monoisotopic (exact) mass is 641 g/mol. The molecule has 10 rings (SSSR count). The second-order valence-electron chi connectivity index (χ2n) is 12.4. The number of nitrogens with zero attached hydrogens (tertiary/aromatic N) is 3. The average molecular weight is 642 g/mol. The summed E-state index contributed by atoms with van der Waals surface area (Å²) in [5, 5.41) is 4.13. The molecule has 0 N–H and O–H groups in total. The van der Waals surface area contributed by atoms with Gasteiger partial charge in [-0.3, -0.25) is 0 Å². The molecule has 0 aliphatic carbocycles. The fourth-order valence-electron chi connectivity index (χ4n) is 6.98. The molecule has 0 atom stereocenters. The highest BCUT2D eigenvalue weighted by Crippen LogP contribution is 2.40. The van der Waals surface area contributed by atoms with E-state index in [1.807, 2.05) is 78.9 Å². The predicted octanol–water partition coefficient (Wildman–Crippen LogP) is 12.0. The molecule has 0 fully saturated rings. The van der Waals surface area contributed by atoms with E-state index in [-0.39, 0.29) is 0 Å². The Hall–Kier alpha value is -6.85. The number of furan rings is 2. The van der Waals surface area contributed by atoms with Crippen LogP contribution in [0.3, 0.4) is 0 Å². The smallest absolute Gasteiger partial charge is 0.164 e. The van der Waals surface area contributed by atoms with Crippen LogP contribution in [0.2, 0.25) is 0 Å². The third-order valence-corrected chi connectivity index (χ3v) is 9.37. The SMILES string of the molecule is c1ccc(-c2ccc(-c3cccc4oc5cc(-c6nc(-c7ccccc7)nc(-c7cccc8oc9ccccc9c78)n6)ccc5c34)cc2)cc1. The number of hydrogen-bond acceptors (Lipinski definition) is 5. The van der Waals surface area contributed by atoms with Crippen LogP contribution in [-0.2, 0) is 0 Å². The quantitative estimate of drug-likeness (QED) is 0.187. The maximum atomic E-state index is 6.51. The van der Waals surface area contributed by atoms with E-state index in [1.54, 1.807) is 0 Å². The molecule has 234 valence electrons. The summed E-state index contributed by atoms with van der Waals surface area (Å²) in [5.74, 6) is 1.75. The highest BCUT2D eigenvalue weighted by molar-refractivity contribution is 6.13. The second kappa shape index (κ2) is 11.4. The minimum atomic E-state index is 0.567. The van der Waals surface area contributed by atoms with E-state index >= 15 is 0 Å². The van der Waals surface area contributed by atoms with Crippen LogP contribution < -0.4 is 0 Å². The van der Waals surface area contributed by atoms with Crippen LogP contribution in [0.15, 0.2) is 173 Å². The minimum absolute atomic E-state index is 0.567. The van der Waals surface area contributed by atoms with Gasteiger partial charge in [-0.2, -0.15) is 0 Å². The van der Waals surface area contributed by atoms with Crippen LogP contribution in [0.1, 0.15) is 0 Å². The lowest BCUT2D eigenvalue weighted by Gasteiger charge is -2.09. The highest BCUT2D eigenvalue weighted by Gasteiger charge is 2.19. The zero-order valence-electron chi connectivity index (χ0n) is 26.7. The molecular weight excluding hydrogens is 615 g/mol. The minimum Gasteiger partial charge on any atom is -0.456 e. The van der Waals surface area contributed by atoms with Crippen molar-refractivity contribution in [1.29, 1.82) is 0 Å². The van der Waals surface area contributed by atoms with Crippen molar-refractivity contribution < 1.29 is 8.83 Å². The molecule has 0 spiro atoms. The summed E-state index contributed by atoms with van der Waals surface area (Å²) >= 11 is 0. The third-order valence-electron chi connectivity index (χ3n) is 9.37. The summed E-state index contributed by atoms with van der Waals surface area (Å²) in [4.78, 5) is 15.1. The molecule has 5 nitrogen and oxygen atoms in total.